The largest absolute Gasteiger partial charge is 0.353 e. The number of nitrogens with one attached hydrogen (secondary N) is 1. The molecule has 0 aromatic rings. The van der Waals surface area contributed by atoms with Gasteiger partial charge in [0.25, 0.3) is 0 Å². The lowest BCUT2D eigenvalue weighted by molar-refractivity contribution is -0.119. The third kappa shape index (κ3) is 2.78. The highest BCUT2D eigenvalue weighted by Gasteiger charge is 2.46. The van der Waals surface area contributed by atoms with Gasteiger partial charge in [-0.05, 0) is 23.2 Å². The van der Waals surface area contributed by atoms with Crippen molar-refractivity contribution in [3.05, 3.63) is 0 Å². The molecule has 1 aliphatic rings. The molecule has 2 atom stereocenters. The highest BCUT2D eigenvalue weighted by molar-refractivity contribution is 5.79. The van der Waals surface area contributed by atoms with Crippen molar-refractivity contribution < 1.29 is 4.79 Å². The fourth-order valence-electron chi connectivity index (χ4n) is 3.03. The Labute approximate surface area is 100 Å². The van der Waals surface area contributed by atoms with E-state index in [-0.39, 0.29) is 16.7 Å². The maximum atomic E-state index is 11.7. The van der Waals surface area contributed by atoms with Gasteiger partial charge in [0.1, 0.15) is 0 Å². The smallest absolute Gasteiger partial charge is 0.220 e. The number of amides is 1. The van der Waals surface area contributed by atoms with E-state index in [0.717, 1.165) is 0 Å². The second-order valence-electron chi connectivity index (χ2n) is 6.96. The summed E-state index contributed by atoms with van der Waals surface area (Å²) < 4.78 is 0. The normalized spacial score (nSPS) is 27.0. The molecule has 0 saturated carbocycles. The summed E-state index contributed by atoms with van der Waals surface area (Å²) in [6.45, 7) is 13.5. The number of hydrogen-bond acceptors (Lipinski definition) is 1. The first-order valence-corrected chi connectivity index (χ1v) is 6.48. The fraction of sp³-hybridized carbons (Fsp3) is 0.929. The Kier molecular flexibility index (Phi) is 3.71. The summed E-state index contributed by atoms with van der Waals surface area (Å²) in [4.78, 5) is 11.7. The predicted octanol–water partition coefficient (Wildman–Crippen LogP) is 3.36. The predicted molar refractivity (Wildman–Crippen MR) is 68.2 cm³/mol. The van der Waals surface area contributed by atoms with Gasteiger partial charge in [-0.2, -0.15) is 0 Å². The summed E-state index contributed by atoms with van der Waals surface area (Å²) in [5.41, 5.74) is 0.410. The molecule has 1 amide bonds. The molecule has 0 bridgehead atoms. The van der Waals surface area contributed by atoms with Crippen molar-refractivity contribution >= 4 is 5.91 Å². The molecule has 0 aromatic carbocycles. The van der Waals surface area contributed by atoms with Gasteiger partial charge in [-0.3, -0.25) is 4.79 Å². The van der Waals surface area contributed by atoms with Crippen LogP contribution in [0.2, 0.25) is 0 Å². The minimum Gasteiger partial charge on any atom is -0.353 e. The maximum absolute atomic E-state index is 11.7. The van der Waals surface area contributed by atoms with E-state index in [1.807, 2.05) is 0 Å². The number of rotatable bonds is 3. The molecule has 1 saturated heterocycles. The zero-order chi connectivity index (χ0) is 12.6. The zero-order valence-corrected chi connectivity index (χ0v) is 11.7. The van der Waals surface area contributed by atoms with Crippen LogP contribution in [0.4, 0.5) is 0 Å². The Hall–Kier alpha value is -0.530. The molecular weight excluding hydrogens is 198 g/mol. The van der Waals surface area contributed by atoms with Crippen LogP contribution >= 0.6 is 0 Å². The van der Waals surface area contributed by atoms with Crippen molar-refractivity contribution in [3.8, 4) is 0 Å². The van der Waals surface area contributed by atoms with Crippen molar-refractivity contribution in [1.82, 2.24) is 5.32 Å². The molecule has 0 radical (unpaired) electrons. The first-order valence-electron chi connectivity index (χ1n) is 6.48. The molecule has 1 N–H and O–H groups in total. The van der Waals surface area contributed by atoms with Gasteiger partial charge in [0.2, 0.25) is 5.91 Å². The van der Waals surface area contributed by atoms with Gasteiger partial charge in [0.15, 0.2) is 0 Å². The monoisotopic (exact) mass is 225 g/mol. The average Bonchev–Trinajstić information content (AvgIpc) is 2.46. The first-order chi connectivity index (χ1) is 7.18. The molecule has 0 aliphatic carbocycles. The van der Waals surface area contributed by atoms with E-state index in [1.165, 1.54) is 12.8 Å². The Morgan fingerprint density at radius 3 is 2.25 bits per heavy atom. The lowest BCUT2D eigenvalue weighted by Crippen LogP contribution is -2.45. The Bertz CT molecular complexity index is 262. The van der Waals surface area contributed by atoms with Gasteiger partial charge >= 0.3 is 0 Å². The fourth-order valence-corrected chi connectivity index (χ4v) is 3.03. The molecule has 2 nitrogen and oxygen atoms in total. The standard InChI is InChI=1S/C14H27NO/c1-7-8-14(5,6)10-9-11(16)15-12(10)13(2,3)4/h10,12H,7-9H2,1-6H3,(H,15,16). The van der Waals surface area contributed by atoms with E-state index in [0.29, 0.717) is 18.4 Å². The van der Waals surface area contributed by atoms with E-state index < -0.39 is 0 Å². The summed E-state index contributed by atoms with van der Waals surface area (Å²) in [6, 6.07) is 0.321. The second-order valence-corrected chi connectivity index (χ2v) is 6.96. The zero-order valence-electron chi connectivity index (χ0n) is 11.7. The molecule has 1 aliphatic heterocycles. The summed E-state index contributed by atoms with van der Waals surface area (Å²) in [5, 5.41) is 3.17. The van der Waals surface area contributed by atoms with Crippen molar-refractivity contribution in [2.75, 3.05) is 0 Å². The van der Waals surface area contributed by atoms with Crippen LogP contribution in [-0.4, -0.2) is 11.9 Å². The van der Waals surface area contributed by atoms with Crippen LogP contribution in [0.1, 0.15) is 60.8 Å². The van der Waals surface area contributed by atoms with Gasteiger partial charge in [0.05, 0.1) is 0 Å². The van der Waals surface area contributed by atoms with Crippen LogP contribution < -0.4 is 5.32 Å². The highest BCUT2D eigenvalue weighted by Crippen LogP contribution is 2.44. The van der Waals surface area contributed by atoms with E-state index in [2.05, 4.69) is 46.9 Å². The SMILES string of the molecule is CCCC(C)(C)C1CC(=O)NC1C(C)(C)C. The van der Waals surface area contributed by atoms with Crippen LogP contribution in [0.5, 0.6) is 0 Å². The van der Waals surface area contributed by atoms with Crippen molar-refractivity contribution in [1.29, 1.82) is 0 Å². The summed E-state index contributed by atoms with van der Waals surface area (Å²) >= 11 is 0. The van der Waals surface area contributed by atoms with E-state index in [1.54, 1.807) is 0 Å². The van der Waals surface area contributed by atoms with Crippen molar-refractivity contribution in [2.24, 2.45) is 16.7 Å². The van der Waals surface area contributed by atoms with Gasteiger partial charge < -0.3 is 5.32 Å². The molecule has 1 heterocycles. The van der Waals surface area contributed by atoms with Crippen LogP contribution in [-0.2, 0) is 4.79 Å². The third-order valence-electron chi connectivity index (χ3n) is 3.96. The Morgan fingerprint density at radius 2 is 1.81 bits per heavy atom. The highest BCUT2D eigenvalue weighted by atomic mass is 16.2. The van der Waals surface area contributed by atoms with Crippen molar-refractivity contribution in [3.63, 3.8) is 0 Å². The molecule has 2 unspecified atom stereocenters. The molecule has 1 fully saturated rings. The summed E-state index contributed by atoms with van der Waals surface area (Å²) in [5.74, 6) is 0.703. The van der Waals surface area contributed by atoms with Gasteiger partial charge in [-0.15, -0.1) is 0 Å². The van der Waals surface area contributed by atoms with E-state index in [9.17, 15) is 4.79 Å². The summed E-state index contributed by atoms with van der Waals surface area (Å²) in [6.07, 6.45) is 3.09. The Balaban J connectivity index is 2.89. The molecule has 2 heteroatoms. The summed E-state index contributed by atoms with van der Waals surface area (Å²) in [7, 11) is 0. The van der Waals surface area contributed by atoms with Crippen LogP contribution in [0.25, 0.3) is 0 Å². The average molecular weight is 225 g/mol. The van der Waals surface area contributed by atoms with E-state index >= 15 is 0 Å². The molecule has 0 spiro atoms. The topological polar surface area (TPSA) is 29.1 Å². The quantitative estimate of drug-likeness (QED) is 0.784. The lowest BCUT2D eigenvalue weighted by atomic mass is 9.66. The molecule has 0 aromatic heterocycles. The third-order valence-corrected chi connectivity index (χ3v) is 3.96. The van der Waals surface area contributed by atoms with Gasteiger partial charge in [-0.25, -0.2) is 0 Å². The molecular formula is C14H27NO. The molecule has 16 heavy (non-hydrogen) atoms. The second kappa shape index (κ2) is 4.38. The Morgan fingerprint density at radius 1 is 1.25 bits per heavy atom. The number of carbonyl (C=O) groups is 1. The maximum Gasteiger partial charge on any atom is 0.220 e. The lowest BCUT2D eigenvalue weighted by Gasteiger charge is -2.40. The minimum absolute atomic E-state index is 0.155. The van der Waals surface area contributed by atoms with Crippen LogP contribution in [0.15, 0.2) is 0 Å². The van der Waals surface area contributed by atoms with Gasteiger partial charge in [-0.1, -0.05) is 48.0 Å². The number of hydrogen-bond donors (Lipinski definition) is 1. The minimum atomic E-state index is 0.155. The van der Waals surface area contributed by atoms with Gasteiger partial charge in [0, 0.05) is 12.5 Å². The number of carbonyl (C=O) groups excluding carboxylic acids is 1. The van der Waals surface area contributed by atoms with E-state index in [4.69, 9.17) is 0 Å². The van der Waals surface area contributed by atoms with Crippen LogP contribution in [0.3, 0.4) is 0 Å². The molecule has 1 rings (SSSR count). The van der Waals surface area contributed by atoms with Crippen LogP contribution in [0, 0.1) is 16.7 Å². The van der Waals surface area contributed by atoms with Crippen molar-refractivity contribution in [2.45, 2.75) is 66.8 Å². The first kappa shape index (κ1) is 13.5. The molecule has 94 valence electrons.